The fourth-order valence-corrected chi connectivity index (χ4v) is 2.67. The Morgan fingerprint density at radius 2 is 1.64 bits per heavy atom. The maximum atomic E-state index is 11.8. The summed E-state index contributed by atoms with van der Waals surface area (Å²) in [7, 11) is 0. The largest absolute Gasteiger partial charge is 0.481 e. The highest BCUT2D eigenvalue weighted by Gasteiger charge is 2.12. The molecule has 2 aromatic carbocycles. The van der Waals surface area contributed by atoms with Crippen molar-refractivity contribution in [3.63, 3.8) is 0 Å². The van der Waals surface area contributed by atoms with Gasteiger partial charge in [-0.1, -0.05) is 29.8 Å². The SMILES string of the molecule is Cc1ccccc1NC(=O)COC(=O)COc1c(C)cc(Cl)cc1C. The fourth-order valence-electron chi connectivity index (χ4n) is 2.34. The molecule has 0 atom stereocenters. The topological polar surface area (TPSA) is 64.6 Å². The summed E-state index contributed by atoms with van der Waals surface area (Å²) in [6, 6.07) is 10.9. The lowest BCUT2D eigenvalue weighted by molar-refractivity contribution is -0.149. The molecule has 0 bridgehead atoms. The Kier molecular flexibility index (Phi) is 6.42. The van der Waals surface area contributed by atoms with Crippen molar-refractivity contribution in [1.29, 1.82) is 0 Å². The predicted octanol–water partition coefficient (Wildman–Crippen LogP) is 3.83. The lowest BCUT2D eigenvalue weighted by Crippen LogP contribution is -2.24. The van der Waals surface area contributed by atoms with Gasteiger partial charge >= 0.3 is 5.97 Å². The lowest BCUT2D eigenvalue weighted by atomic mass is 10.1. The third kappa shape index (κ3) is 5.50. The van der Waals surface area contributed by atoms with Gasteiger partial charge in [-0.15, -0.1) is 0 Å². The quantitative estimate of drug-likeness (QED) is 0.794. The third-order valence-electron chi connectivity index (χ3n) is 3.54. The fraction of sp³-hybridized carbons (Fsp3) is 0.263. The van der Waals surface area contributed by atoms with E-state index in [4.69, 9.17) is 21.1 Å². The molecule has 132 valence electrons. The van der Waals surface area contributed by atoms with Crippen LogP contribution >= 0.6 is 11.6 Å². The normalized spacial score (nSPS) is 10.2. The molecule has 0 saturated carbocycles. The monoisotopic (exact) mass is 361 g/mol. The smallest absolute Gasteiger partial charge is 0.344 e. The third-order valence-corrected chi connectivity index (χ3v) is 3.76. The van der Waals surface area contributed by atoms with Crippen molar-refractivity contribution in [3.05, 3.63) is 58.1 Å². The van der Waals surface area contributed by atoms with E-state index < -0.39 is 11.9 Å². The van der Waals surface area contributed by atoms with Crippen LogP contribution < -0.4 is 10.1 Å². The second-order valence-corrected chi connectivity index (χ2v) is 6.12. The molecule has 0 spiro atoms. The number of rotatable bonds is 6. The summed E-state index contributed by atoms with van der Waals surface area (Å²) < 4.78 is 10.4. The first-order valence-electron chi connectivity index (χ1n) is 7.77. The van der Waals surface area contributed by atoms with Crippen LogP contribution in [-0.2, 0) is 14.3 Å². The van der Waals surface area contributed by atoms with E-state index >= 15 is 0 Å². The van der Waals surface area contributed by atoms with Crippen LogP contribution in [0.2, 0.25) is 5.02 Å². The number of nitrogens with one attached hydrogen (secondary N) is 1. The van der Waals surface area contributed by atoms with Gasteiger partial charge in [-0.05, 0) is 55.7 Å². The van der Waals surface area contributed by atoms with Gasteiger partial charge in [-0.3, -0.25) is 4.79 Å². The summed E-state index contributed by atoms with van der Waals surface area (Å²) in [6.45, 7) is 4.92. The van der Waals surface area contributed by atoms with Crippen LogP contribution in [0, 0.1) is 20.8 Å². The number of aryl methyl sites for hydroxylation is 3. The first-order valence-corrected chi connectivity index (χ1v) is 8.15. The van der Waals surface area contributed by atoms with Crippen LogP contribution in [0.5, 0.6) is 5.75 Å². The van der Waals surface area contributed by atoms with Gasteiger partial charge in [0.25, 0.3) is 5.91 Å². The van der Waals surface area contributed by atoms with Gasteiger partial charge in [0, 0.05) is 10.7 Å². The Labute approximate surface area is 151 Å². The molecule has 2 aromatic rings. The number of amides is 1. The van der Waals surface area contributed by atoms with Gasteiger partial charge in [0.1, 0.15) is 5.75 Å². The number of carbonyl (C=O) groups excluding carboxylic acids is 2. The van der Waals surface area contributed by atoms with Gasteiger partial charge in [0.2, 0.25) is 0 Å². The molecule has 1 N–H and O–H groups in total. The van der Waals surface area contributed by atoms with Crippen molar-refractivity contribution >= 4 is 29.2 Å². The number of benzene rings is 2. The zero-order chi connectivity index (χ0) is 18.4. The molecule has 0 heterocycles. The number of hydrogen-bond acceptors (Lipinski definition) is 4. The molecule has 0 aliphatic heterocycles. The Bertz CT molecular complexity index is 766. The molecule has 0 aliphatic carbocycles. The van der Waals surface area contributed by atoms with Crippen molar-refractivity contribution in [2.75, 3.05) is 18.5 Å². The van der Waals surface area contributed by atoms with Crippen molar-refractivity contribution in [1.82, 2.24) is 0 Å². The number of esters is 1. The number of anilines is 1. The second-order valence-electron chi connectivity index (χ2n) is 5.68. The zero-order valence-corrected chi connectivity index (χ0v) is 15.1. The first-order chi connectivity index (χ1) is 11.9. The highest BCUT2D eigenvalue weighted by Crippen LogP contribution is 2.26. The molecule has 0 aromatic heterocycles. The van der Waals surface area contributed by atoms with Crippen LogP contribution in [0.3, 0.4) is 0 Å². The zero-order valence-electron chi connectivity index (χ0n) is 14.4. The molecular formula is C19H20ClNO4. The van der Waals surface area contributed by atoms with E-state index in [9.17, 15) is 9.59 Å². The molecule has 1 amide bonds. The highest BCUT2D eigenvalue weighted by atomic mass is 35.5. The van der Waals surface area contributed by atoms with Gasteiger partial charge in [-0.2, -0.15) is 0 Å². The van der Waals surface area contributed by atoms with Gasteiger partial charge in [0.05, 0.1) is 0 Å². The minimum Gasteiger partial charge on any atom is -0.481 e. The van der Waals surface area contributed by atoms with Crippen molar-refractivity contribution < 1.29 is 19.1 Å². The summed E-state index contributed by atoms with van der Waals surface area (Å²) in [6.07, 6.45) is 0. The average molecular weight is 362 g/mol. The Hall–Kier alpha value is -2.53. The van der Waals surface area contributed by atoms with Crippen LogP contribution in [0.25, 0.3) is 0 Å². The summed E-state index contributed by atoms with van der Waals surface area (Å²) >= 11 is 5.96. The maximum absolute atomic E-state index is 11.8. The number of halogens is 1. The van der Waals surface area contributed by atoms with Gasteiger partial charge in [-0.25, -0.2) is 4.79 Å². The number of hydrogen-bond donors (Lipinski definition) is 1. The first kappa shape index (κ1) is 18.8. The van der Waals surface area contributed by atoms with Crippen molar-refractivity contribution in [2.24, 2.45) is 0 Å². The van der Waals surface area contributed by atoms with E-state index in [1.807, 2.05) is 39.0 Å². The van der Waals surface area contributed by atoms with E-state index in [-0.39, 0.29) is 13.2 Å². The minimum absolute atomic E-state index is 0.277. The standard InChI is InChI=1S/C19H20ClNO4/c1-12-6-4-5-7-16(12)21-17(22)10-24-18(23)11-25-19-13(2)8-15(20)9-14(19)3/h4-9H,10-11H2,1-3H3,(H,21,22). The molecule has 0 aliphatic rings. The van der Waals surface area contributed by atoms with Crippen molar-refractivity contribution in [3.8, 4) is 5.75 Å². The Balaban J connectivity index is 1.81. The molecule has 2 rings (SSSR count). The second kappa shape index (κ2) is 8.53. The summed E-state index contributed by atoms with van der Waals surface area (Å²) in [5.41, 5.74) is 3.27. The van der Waals surface area contributed by atoms with Crippen LogP contribution in [0.15, 0.2) is 36.4 Å². The predicted molar refractivity (Wildman–Crippen MR) is 97.2 cm³/mol. The Morgan fingerprint density at radius 3 is 2.28 bits per heavy atom. The van der Waals surface area contributed by atoms with E-state index in [0.717, 1.165) is 16.7 Å². The summed E-state index contributed by atoms with van der Waals surface area (Å²) in [4.78, 5) is 23.6. The minimum atomic E-state index is -0.617. The maximum Gasteiger partial charge on any atom is 0.344 e. The summed E-state index contributed by atoms with van der Waals surface area (Å²) in [5.74, 6) is -0.430. The summed E-state index contributed by atoms with van der Waals surface area (Å²) in [5, 5.41) is 3.30. The highest BCUT2D eigenvalue weighted by molar-refractivity contribution is 6.30. The van der Waals surface area contributed by atoms with Crippen molar-refractivity contribution in [2.45, 2.75) is 20.8 Å². The molecule has 0 saturated heterocycles. The van der Waals surface area contributed by atoms with E-state index in [0.29, 0.717) is 16.5 Å². The molecule has 25 heavy (non-hydrogen) atoms. The molecule has 0 fully saturated rings. The van der Waals surface area contributed by atoms with E-state index in [1.165, 1.54) is 0 Å². The molecule has 0 radical (unpaired) electrons. The number of para-hydroxylation sites is 1. The van der Waals surface area contributed by atoms with E-state index in [2.05, 4.69) is 5.32 Å². The Morgan fingerprint density at radius 1 is 1.00 bits per heavy atom. The van der Waals surface area contributed by atoms with Crippen LogP contribution in [-0.4, -0.2) is 25.1 Å². The van der Waals surface area contributed by atoms with Gasteiger partial charge < -0.3 is 14.8 Å². The molecule has 0 unspecified atom stereocenters. The molecule has 5 nitrogen and oxygen atoms in total. The average Bonchev–Trinajstić information content (AvgIpc) is 2.54. The number of ether oxygens (including phenoxy) is 2. The lowest BCUT2D eigenvalue weighted by Gasteiger charge is -2.12. The van der Waals surface area contributed by atoms with Crippen LogP contribution in [0.1, 0.15) is 16.7 Å². The van der Waals surface area contributed by atoms with Crippen LogP contribution in [0.4, 0.5) is 5.69 Å². The van der Waals surface area contributed by atoms with Gasteiger partial charge in [0.15, 0.2) is 13.2 Å². The van der Waals surface area contributed by atoms with E-state index in [1.54, 1.807) is 18.2 Å². The molecular weight excluding hydrogens is 342 g/mol. The molecule has 6 heteroatoms. The number of carbonyl (C=O) groups is 2.